The molecule has 2 aliphatic rings. The van der Waals surface area contributed by atoms with Crippen LogP contribution in [0.2, 0.25) is 0 Å². The number of aromatic carboxylic acids is 1. The Morgan fingerprint density at radius 1 is 1.28 bits per heavy atom. The number of aryl methyl sites for hydroxylation is 1. The van der Waals surface area contributed by atoms with E-state index in [0.717, 1.165) is 63.0 Å². The van der Waals surface area contributed by atoms with Crippen molar-refractivity contribution in [1.29, 1.82) is 0 Å². The third-order valence-corrected chi connectivity index (χ3v) is 6.30. The van der Waals surface area contributed by atoms with E-state index in [9.17, 15) is 14.7 Å². The third-order valence-electron chi connectivity index (χ3n) is 6.30. The number of halogens is 1. The normalized spacial score (nSPS) is 17.8. The van der Waals surface area contributed by atoms with E-state index >= 15 is 4.39 Å². The summed E-state index contributed by atoms with van der Waals surface area (Å²) in [6, 6.07) is 1.51. The van der Waals surface area contributed by atoms with Gasteiger partial charge in [-0.2, -0.15) is 0 Å². The fourth-order valence-corrected chi connectivity index (χ4v) is 4.60. The lowest BCUT2D eigenvalue weighted by Crippen LogP contribution is -2.38. The Balaban J connectivity index is 1.77. The van der Waals surface area contributed by atoms with Crippen LogP contribution in [0, 0.1) is 18.7 Å². The topological polar surface area (TPSA) is 74.0 Å². The van der Waals surface area contributed by atoms with E-state index in [1.54, 1.807) is 0 Å². The van der Waals surface area contributed by atoms with Crippen molar-refractivity contribution in [2.45, 2.75) is 45.4 Å². The Bertz CT molecular complexity index is 1000. The molecule has 1 aliphatic heterocycles. The molecule has 4 rings (SSSR count). The second kappa shape index (κ2) is 7.78. The Morgan fingerprint density at radius 3 is 2.55 bits per heavy atom. The molecule has 0 atom stereocenters. The van der Waals surface area contributed by atoms with Gasteiger partial charge in [-0.15, -0.1) is 0 Å². The van der Waals surface area contributed by atoms with Crippen LogP contribution in [0.5, 0.6) is 0 Å². The van der Waals surface area contributed by atoms with Crippen LogP contribution in [0.4, 0.5) is 10.1 Å². The fourth-order valence-electron chi connectivity index (χ4n) is 4.60. The van der Waals surface area contributed by atoms with E-state index in [1.807, 2.05) is 6.92 Å². The first-order valence-corrected chi connectivity index (χ1v) is 10.5. The molecule has 0 unspecified atom stereocenters. The minimum absolute atomic E-state index is 0.242. The molecule has 2 aromatic rings. The first-order valence-electron chi connectivity index (χ1n) is 10.5. The van der Waals surface area contributed by atoms with Crippen molar-refractivity contribution >= 4 is 17.2 Å². The predicted molar refractivity (Wildman–Crippen MR) is 111 cm³/mol. The summed E-state index contributed by atoms with van der Waals surface area (Å²) in [6.07, 6.45) is 5.11. The molecule has 0 aromatic carbocycles. The van der Waals surface area contributed by atoms with Crippen LogP contribution in [0.1, 0.15) is 60.0 Å². The summed E-state index contributed by atoms with van der Waals surface area (Å²) in [7, 11) is 0. The number of pyridine rings is 2. The van der Waals surface area contributed by atoms with Gasteiger partial charge in [0.25, 0.3) is 5.56 Å². The van der Waals surface area contributed by atoms with E-state index in [1.165, 1.54) is 16.7 Å². The average Bonchev–Trinajstić information content (AvgIpc) is 3.53. The van der Waals surface area contributed by atoms with Crippen LogP contribution in [0.15, 0.2) is 17.1 Å². The van der Waals surface area contributed by atoms with Crippen molar-refractivity contribution in [3.8, 4) is 0 Å². The largest absolute Gasteiger partial charge is 0.477 e. The highest BCUT2D eigenvalue weighted by atomic mass is 19.1. The number of hydrogen-bond donors (Lipinski definition) is 2. The molecule has 2 N–H and O–H groups in total. The Labute approximate surface area is 169 Å². The van der Waals surface area contributed by atoms with E-state index in [0.29, 0.717) is 17.1 Å². The van der Waals surface area contributed by atoms with E-state index in [2.05, 4.69) is 17.1 Å². The van der Waals surface area contributed by atoms with E-state index in [4.69, 9.17) is 0 Å². The van der Waals surface area contributed by atoms with Gasteiger partial charge in [-0.1, -0.05) is 6.92 Å². The summed E-state index contributed by atoms with van der Waals surface area (Å²) in [5.41, 5.74) is 1.84. The van der Waals surface area contributed by atoms with Gasteiger partial charge in [0.15, 0.2) is 5.82 Å². The monoisotopic (exact) mass is 401 g/mol. The number of nitrogens with one attached hydrogen (secondary N) is 1. The number of carbonyl (C=O) groups is 1. The Morgan fingerprint density at radius 2 is 1.97 bits per heavy atom. The molecule has 7 heteroatoms. The van der Waals surface area contributed by atoms with Gasteiger partial charge >= 0.3 is 5.97 Å². The molecule has 1 saturated carbocycles. The Kier molecular flexibility index (Phi) is 5.34. The number of piperidine rings is 1. The number of carboxylic acid groups (broad SMARTS) is 1. The van der Waals surface area contributed by atoms with Crippen LogP contribution < -0.4 is 15.8 Å². The lowest BCUT2D eigenvalue weighted by atomic mass is 9.95. The number of rotatable bonds is 6. The minimum Gasteiger partial charge on any atom is -0.477 e. The number of hydrogen-bond acceptors (Lipinski definition) is 4. The number of carboxylic acids is 1. The highest BCUT2D eigenvalue weighted by Gasteiger charge is 2.31. The SMILES string of the molecule is CCNCC1CCN(c2c(F)cn3c(=O)c(C(=O)O)cc(C4CC4)c3c2C)CC1. The summed E-state index contributed by atoms with van der Waals surface area (Å²) < 4.78 is 16.4. The predicted octanol–water partition coefficient (Wildman–Crippen LogP) is 3.15. The van der Waals surface area contributed by atoms with Crippen molar-refractivity contribution in [2.24, 2.45) is 5.92 Å². The van der Waals surface area contributed by atoms with Gasteiger partial charge in [0.2, 0.25) is 0 Å². The van der Waals surface area contributed by atoms with Crippen molar-refractivity contribution in [3.63, 3.8) is 0 Å². The molecule has 0 amide bonds. The number of fused-ring (bicyclic) bond motifs is 1. The molecule has 0 bridgehead atoms. The molecule has 6 nitrogen and oxygen atoms in total. The zero-order valence-corrected chi connectivity index (χ0v) is 17.0. The first kappa shape index (κ1) is 19.9. The molecule has 0 radical (unpaired) electrons. The smallest absolute Gasteiger partial charge is 0.341 e. The summed E-state index contributed by atoms with van der Waals surface area (Å²) in [5, 5.41) is 12.8. The highest BCUT2D eigenvalue weighted by Crippen LogP contribution is 2.44. The zero-order valence-electron chi connectivity index (χ0n) is 17.0. The van der Waals surface area contributed by atoms with Crippen molar-refractivity contribution < 1.29 is 14.3 Å². The van der Waals surface area contributed by atoms with Crippen LogP contribution in [-0.2, 0) is 0 Å². The third kappa shape index (κ3) is 3.64. The molecular weight excluding hydrogens is 373 g/mol. The second-order valence-corrected chi connectivity index (χ2v) is 8.31. The molecule has 29 heavy (non-hydrogen) atoms. The molecular formula is C22H28FN3O3. The van der Waals surface area contributed by atoms with Gasteiger partial charge in [0.05, 0.1) is 17.4 Å². The maximum absolute atomic E-state index is 15.2. The molecule has 2 fully saturated rings. The Hall–Kier alpha value is -2.41. The fraction of sp³-hybridized carbons (Fsp3) is 0.545. The average molecular weight is 401 g/mol. The molecule has 1 aliphatic carbocycles. The number of nitrogens with zero attached hydrogens (tertiary/aromatic N) is 2. The van der Waals surface area contributed by atoms with Crippen molar-refractivity contribution in [3.05, 3.63) is 45.1 Å². The lowest BCUT2D eigenvalue weighted by molar-refractivity contribution is 0.0694. The quantitative estimate of drug-likeness (QED) is 0.778. The minimum atomic E-state index is -1.27. The van der Waals surface area contributed by atoms with Gasteiger partial charge in [-0.3, -0.25) is 9.20 Å². The van der Waals surface area contributed by atoms with Crippen molar-refractivity contribution in [1.82, 2.24) is 9.72 Å². The molecule has 1 saturated heterocycles. The van der Waals surface area contributed by atoms with E-state index in [-0.39, 0.29) is 11.5 Å². The maximum Gasteiger partial charge on any atom is 0.341 e. The first-order chi connectivity index (χ1) is 13.9. The standard InChI is InChI=1S/C22H28FN3O3/c1-3-24-11-14-6-8-25(9-7-14)20-13(2)19-16(15-4-5-15)10-17(22(28)29)21(27)26(19)12-18(20)23/h10,12,14-15,24H,3-9,11H2,1-2H3,(H,28,29). The van der Waals surface area contributed by atoms with Gasteiger partial charge in [0, 0.05) is 13.1 Å². The molecule has 3 heterocycles. The zero-order chi connectivity index (χ0) is 20.7. The van der Waals surface area contributed by atoms with Crippen LogP contribution in [0.3, 0.4) is 0 Å². The second-order valence-electron chi connectivity index (χ2n) is 8.31. The number of aromatic nitrogens is 1. The van der Waals surface area contributed by atoms with Crippen LogP contribution in [0.25, 0.3) is 5.52 Å². The highest BCUT2D eigenvalue weighted by molar-refractivity contribution is 5.89. The molecule has 156 valence electrons. The van der Waals surface area contributed by atoms with Crippen LogP contribution >= 0.6 is 0 Å². The maximum atomic E-state index is 15.2. The van der Waals surface area contributed by atoms with Gasteiger partial charge in [-0.05, 0) is 74.7 Å². The van der Waals surface area contributed by atoms with E-state index < -0.39 is 17.3 Å². The van der Waals surface area contributed by atoms with Gasteiger partial charge in [0.1, 0.15) is 5.56 Å². The molecule has 0 spiro atoms. The van der Waals surface area contributed by atoms with Crippen LogP contribution in [-0.4, -0.2) is 41.7 Å². The summed E-state index contributed by atoms with van der Waals surface area (Å²) in [6.45, 7) is 7.45. The van der Waals surface area contributed by atoms with Gasteiger partial charge < -0.3 is 15.3 Å². The van der Waals surface area contributed by atoms with Crippen molar-refractivity contribution in [2.75, 3.05) is 31.1 Å². The number of anilines is 1. The summed E-state index contributed by atoms with van der Waals surface area (Å²) in [4.78, 5) is 26.3. The lowest BCUT2D eigenvalue weighted by Gasteiger charge is -2.35. The molecule has 2 aromatic heterocycles. The summed E-state index contributed by atoms with van der Waals surface area (Å²) in [5.74, 6) is -0.896. The van der Waals surface area contributed by atoms with Gasteiger partial charge in [-0.25, -0.2) is 9.18 Å². The summed E-state index contributed by atoms with van der Waals surface area (Å²) >= 11 is 0.